The summed E-state index contributed by atoms with van der Waals surface area (Å²) in [6, 6.07) is 3.37. The van der Waals surface area contributed by atoms with E-state index in [-0.39, 0.29) is 0 Å². The molecule has 3 aliphatic rings. The van der Waals surface area contributed by atoms with Crippen LogP contribution in [0.1, 0.15) is 50.1 Å². The largest absolute Gasteiger partial charge is 0.356 e. The molecule has 3 heterocycles. The first-order valence-electron chi connectivity index (χ1n) is 8.86. The van der Waals surface area contributed by atoms with Crippen molar-refractivity contribution in [1.82, 2.24) is 14.9 Å². The number of hydrogen-bond donors (Lipinski definition) is 1. The number of nitrogens with zero attached hydrogens (tertiary/aromatic N) is 4. The standard InChI is InChI=1S/C17H27N5/c18-14-9-13(10-14)16-11-17(20-12-19-16)22-7-3-15(4-8-22)21-5-1-2-6-21/h11-15H,1-10,18H2. The van der Waals surface area contributed by atoms with Crippen LogP contribution in [0.25, 0.3) is 0 Å². The molecule has 0 unspecified atom stereocenters. The molecule has 0 radical (unpaired) electrons. The van der Waals surface area contributed by atoms with Gasteiger partial charge in [-0.2, -0.15) is 0 Å². The molecule has 1 aromatic heterocycles. The molecule has 2 saturated heterocycles. The Labute approximate surface area is 132 Å². The smallest absolute Gasteiger partial charge is 0.132 e. The average Bonchev–Trinajstić information content (AvgIpc) is 3.07. The van der Waals surface area contributed by atoms with Gasteiger partial charge in [0.05, 0.1) is 0 Å². The van der Waals surface area contributed by atoms with Crippen LogP contribution in [0.3, 0.4) is 0 Å². The molecule has 1 saturated carbocycles. The van der Waals surface area contributed by atoms with Crippen molar-refractivity contribution < 1.29 is 0 Å². The van der Waals surface area contributed by atoms with Gasteiger partial charge < -0.3 is 15.5 Å². The summed E-state index contributed by atoms with van der Waals surface area (Å²) in [4.78, 5) is 14.1. The first kappa shape index (κ1) is 14.4. The van der Waals surface area contributed by atoms with Crippen LogP contribution in [0.15, 0.2) is 12.4 Å². The molecule has 3 fully saturated rings. The summed E-state index contributed by atoms with van der Waals surface area (Å²) in [5.41, 5.74) is 7.09. The minimum Gasteiger partial charge on any atom is -0.356 e. The van der Waals surface area contributed by atoms with Gasteiger partial charge in [0.25, 0.3) is 0 Å². The number of aromatic nitrogens is 2. The average molecular weight is 301 g/mol. The van der Waals surface area contributed by atoms with Crippen LogP contribution in [-0.4, -0.2) is 53.1 Å². The maximum atomic E-state index is 5.90. The molecule has 120 valence electrons. The van der Waals surface area contributed by atoms with Crippen molar-refractivity contribution in [3.8, 4) is 0 Å². The molecule has 5 heteroatoms. The number of nitrogens with two attached hydrogens (primary N) is 1. The Kier molecular flexibility index (Phi) is 4.01. The Bertz CT molecular complexity index is 500. The van der Waals surface area contributed by atoms with E-state index in [9.17, 15) is 0 Å². The summed E-state index contributed by atoms with van der Waals surface area (Å²) in [5.74, 6) is 1.67. The van der Waals surface area contributed by atoms with E-state index in [1.165, 1.54) is 44.5 Å². The minimum atomic E-state index is 0.375. The summed E-state index contributed by atoms with van der Waals surface area (Å²) in [6.45, 7) is 4.87. The molecule has 0 amide bonds. The number of hydrogen-bond acceptors (Lipinski definition) is 5. The molecule has 0 atom stereocenters. The van der Waals surface area contributed by atoms with E-state index < -0.39 is 0 Å². The number of piperidine rings is 1. The third-order valence-electron chi connectivity index (χ3n) is 5.71. The van der Waals surface area contributed by atoms with Crippen molar-refractivity contribution in [2.24, 2.45) is 5.73 Å². The summed E-state index contributed by atoms with van der Waals surface area (Å²) < 4.78 is 0. The number of likely N-dealkylation sites (tertiary alicyclic amines) is 1. The van der Waals surface area contributed by atoms with E-state index in [0.717, 1.165) is 37.8 Å². The molecule has 4 rings (SSSR count). The lowest BCUT2D eigenvalue weighted by Gasteiger charge is -2.37. The Morgan fingerprint density at radius 1 is 1.00 bits per heavy atom. The SMILES string of the molecule is NC1CC(c2cc(N3CCC(N4CCCC4)CC3)ncn2)C1. The lowest BCUT2D eigenvalue weighted by Crippen LogP contribution is -2.44. The van der Waals surface area contributed by atoms with Gasteiger partial charge >= 0.3 is 0 Å². The number of rotatable bonds is 3. The summed E-state index contributed by atoms with van der Waals surface area (Å²) in [5, 5.41) is 0. The Morgan fingerprint density at radius 3 is 2.41 bits per heavy atom. The minimum absolute atomic E-state index is 0.375. The Morgan fingerprint density at radius 2 is 1.73 bits per heavy atom. The van der Waals surface area contributed by atoms with Gasteiger partial charge in [-0.25, -0.2) is 9.97 Å². The van der Waals surface area contributed by atoms with Crippen molar-refractivity contribution in [2.75, 3.05) is 31.1 Å². The van der Waals surface area contributed by atoms with Crippen molar-refractivity contribution >= 4 is 5.82 Å². The van der Waals surface area contributed by atoms with Crippen LogP contribution in [-0.2, 0) is 0 Å². The molecule has 2 aliphatic heterocycles. The summed E-state index contributed by atoms with van der Waals surface area (Å²) >= 11 is 0. The normalized spacial score (nSPS) is 30.5. The molecule has 5 nitrogen and oxygen atoms in total. The Balaban J connectivity index is 1.37. The van der Waals surface area contributed by atoms with E-state index in [1.54, 1.807) is 6.33 Å². The van der Waals surface area contributed by atoms with Gasteiger partial charge in [0.2, 0.25) is 0 Å². The third-order valence-corrected chi connectivity index (χ3v) is 5.71. The lowest BCUT2D eigenvalue weighted by molar-refractivity contribution is 0.207. The first-order chi connectivity index (χ1) is 10.8. The molecule has 2 N–H and O–H groups in total. The van der Waals surface area contributed by atoms with Gasteiger partial charge in [-0.1, -0.05) is 0 Å². The van der Waals surface area contributed by atoms with Gasteiger partial charge in [-0.15, -0.1) is 0 Å². The van der Waals surface area contributed by atoms with Crippen molar-refractivity contribution in [2.45, 2.75) is 56.5 Å². The highest BCUT2D eigenvalue weighted by Crippen LogP contribution is 2.35. The van der Waals surface area contributed by atoms with Gasteiger partial charge in [0.15, 0.2) is 0 Å². The Hall–Kier alpha value is -1.20. The quantitative estimate of drug-likeness (QED) is 0.921. The van der Waals surface area contributed by atoms with Gasteiger partial charge in [-0.05, 0) is 51.6 Å². The highest BCUT2D eigenvalue weighted by molar-refractivity contribution is 5.40. The van der Waals surface area contributed by atoms with E-state index in [4.69, 9.17) is 5.73 Å². The fourth-order valence-electron chi connectivity index (χ4n) is 4.23. The second-order valence-corrected chi connectivity index (χ2v) is 7.19. The fourth-order valence-corrected chi connectivity index (χ4v) is 4.23. The summed E-state index contributed by atoms with van der Waals surface area (Å²) in [6.07, 6.45) is 9.21. The summed E-state index contributed by atoms with van der Waals surface area (Å²) in [7, 11) is 0. The highest BCUT2D eigenvalue weighted by atomic mass is 15.2. The highest BCUT2D eigenvalue weighted by Gasteiger charge is 2.30. The van der Waals surface area contributed by atoms with E-state index in [0.29, 0.717) is 12.0 Å². The van der Waals surface area contributed by atoms with Crippen LogP contribution in [0, 0.1) is 0 Å². The molecule has 22 heavy (non-hydrogen) atoms. The van der Waals surface area contributed by atoms with Crippen LogP contribution in [0.5, 0.6) is 0 Å². The predicted molar refractivity (Wildman–Crippen MR) is 88.0 cm³/mol. The van der Waals surface area contributed by atoms with Crippen molar-refractivity contribution in [1.29, 1.82) is 0 Å². The fraction of sp³-hybridized carbons (Fsp3) is 0.765. The molecule has 1 aromatic rings. The van der Waals surface area contributed by atoms with Crippen molar-refractivity contribution in [3.63, 3.8) is 0 Å². The van der Waals surface area contributed by atoms with Crippen LogP contribution >= 0.6 is 0 Å². The zero-order chi connectivity index (χ0) is 14.9. The molecular weight excluding hydrogens is 274 g/mol. The van der Waals surface area contributed by atoms with E-state index >= 15 is 0 Å². The zero-order valence-corrected chi connectivity index (χ0v) is 13.3. The van der Waals surface area contributed by atoms with Crippen LogP contribution in [0.2, 0.25) is 0 Å². The second-order valence-electron chi connectivity index (χ2n) is 7.19. The van der Waals surface area contributed by atoms with Gasteiger partial charge in [0.1, 0.15) is 12.1 Å². The molecular formula is C17H27N5. The first-order valence-corrected chi connectivity index (χ1v) is 8.86. The van der Waals surface area contributed by atoms with E-state index in [1.807, 2.05) is 0 Å². The van der Waals surface area contributed by atoms with Crippen LogP contribution in [0.4, 0.5) is 5.82 Å². The van der Waals surface area contributed by atoms with Gasteiger partial charge in [0, 0.05) is 42.9 Å². The topological polar surface area (TPSA) is 58.3 Å². The van der Waals surface area contributed by atoms with Gasteiger partial charge in [-0.3, -0.25) is 0 Å². The molecule has 0 bridgehead atoms. The predicted octanol–water partition coefficient (Wildman–Crippen LogP) is 1.75. The second kappa shape index (κ2) is 6.13. The lowest BCUT2D eigenvalue weighted by atomic mass is 9.78. The number of anilines is 1. The van der Waals surface area contributed by atoms with Crippen molar-refractivity contribution in [3.05, 3.63) is 18.1 Å². The molecule has 0 spiro atoms. The molecule has 0 aromatic carbocycles. The monoisotopic (exact) mass is 301 g/mol. The van der Waals surface area contributed by atoms with E-state index in [2.05, 4.69) is 25.8 Å². The molecule has 1 aliphatic carbocycles. The zero-order valence-electron chi connectivity index (χ0n) is 13.3. The maximum absolute atomic E-state index is 5.90. The third kappa shape index (κ3) is 2.84. The van der Waals surface area contributed by atoms with Crippen LogP contribution < -0.4 is 10.6 Å². The maximum Gasteiger partial charge on any atom is 0.132 e.